The highest BCUT2D eigenvalue weighted by Crippen LogP contribution is 2.11. The first kappa shape index (κ1) is 9.89. The van der Waals surface area contributed by atoms with Gasteiger partial charge in [0.15, 0.2) is 6.73 Å². The van der Waals surface area contributed by atoms with Gasteiger partial charge in [-0.2, -0.15) is 4.99 Å². The van der Waals surface area contributed by atoms with Crippen molar-refractivity contribution in [2.45, 2.75) is 13.3 Å². The molecule has 0 saturated heterocycles. The van der Waals surface area contributed by atoms with Gasteiger partial charge in [-0.1, -0.05) is 13.0 Å². The smallest absolute Gasteiger partial charge is 0.244 e. The van der Waals surface area contributed by atoms with Crippen LogP contribution in [0.15, 0.2) is 27.1 Å². The minimum atomic E-state index is 0.231. The summed E-state index contributed by atoms with van der Waals surface area (Å²) in [5.41, 5.74) is 6.25. The van der Waals surface area contributed by atoms with E-state index in [1.165, 1.54) is 0 Å². The van der Waals surface area contributed by atoms with E-state index in [2.05, 4.69) is 28.0 Å². The van der Waals surface area contributed by atoms with Gasteiger partial charge in [-0.05, 0) is 18.4 Å². The molecule has 2 rings (SSSR count). The van der Waals surface area contributed by atoms with E-state index in [1.54, 1.807) is 0 Å². The van der Waals surface area contributed by atoms with Gasteiger partial charge in [0.25, 0.3) is 0 Å². The molecule has 0 aliphatic carbocycles. The predicted molar refractivity (Wildman–Crippen MR) is 60.2 cm³/mol. The first-order chi connectivity index (χ1) is 7.29. The van der Waals surface area contributed by atoms with E-state index in [0.29, 0.717) is 11.8 Å². The zero-order valence-electron chi connectivity index (χ0n) is 8.68. The molecule has 15 heavy (non-hydrogen) atoms. The number of hydrogen-bond acceptors (Lipinski definition) is 5. The molecule has 0 aromatic carbocycles. The zero-order chi connectivity index (χ0) is 10.7. The van der Waals surface area contributed by atoms with Crippen molar-refractivity contribution in [2.75, 3.05) is 13.3 Å². The number of aliphatic imine (C=N–C) groups is 3. The van der Waals surface area contributed by atoms with E-state index in [1.807, 2.05) is 6.08 Å². The summed E-state index contributed by atoms with van der Waals surface area (Å²) in [5, 5.41) is 0. The molecule has 5 heteroatoms. The maximum Gasteiger partial charge on any atom is 0.244 e. The van der Waals surface area contributed by atoms with Crippen LogP contribution in [0.2, 0.25) is 0 Å². The van der Waals surface area contributed by atoms with Crippen LogP contribution in [0.3, 0.4) is 0 Å². The largest absolute Gasteiger partial charge is 0.453 e. The standard InChI is InChI=1S/C10H14N4O/c1-2-7-3-4-8(12-5-7)9-14-10(11)13-6-15-9/h3-4,7H,2,5-6H2,1H3,(H2,11,13). The van der Waals surface area contributed by atoms with Gasteiger partial charge in [0.2, 0.25) is 11.9 Å². The van der Waals surface area contributed by atoms with Crippen molar-refractivity contribution in [3.63, 3.8) is 0 Å². The van der Waals surface area contributed by atoms with E-state index in [-0.39, 0.29) is 12.7 Å². The molecule has 0 aromatic heterocycles. The fourth-order valence-corrected chi connectivity index (χ4v) is 1.42. The molecule has 2 aliphatic heterocycles. The van der Waals surface area contributed by atoms with Gasteiger partial charge < -0.3 is 10.5 Å². The zero-order valence-corrected chi connectivity index (χ0v) is 8.68. The molecular formula is C10H14N4O. The van der Waals surface area contributed by atoms with Crippen molar-refractivity contribution in [1.82, 2.24) is 0 Å². The van der Waals surface area contributed by atoms with Crippen LogP contribution in [-0.4, -0.2) is 30.8 Å². The number of nitrogens with zero attached hydrogens (tertiary/aromatic N) is 3. The van der Waals surface area contributed by atoms with Gasteiger partial charge >= 0.3 is 0 Å². The van der Waals surface area contributed by atoms with Crippen molar-refractivity contribution in [3.8, 4) is 0 Å². The molecule has 1 atom stereocenters. The van der Waals surface area contributed by atoms with Crippen LogP contribution >= 0.6 is 0 Å². The van der Waals surface area contributed by atoms with Gasteiger partial charge in [0, 0.05) is 6.54 Å². The van der Waals surface area contributed by atoms with Crippen molar-refractivity contribution < 1.29 is 4.74 Å². The Balaban J connectivity index is 2.11. The highest BCUT2D eigenvalue weighted by Gasteiger charge is 2.16. The Morgan fingerprint density at radius 3 is 3.00 bits per heavy atom. The van der Waals surface area contributed by atoms with Crippen LogP contribution in [0.5, 0.6) is 0 Å². The Bertz CT molecular complexity index is 368. The fourth-order valence-electron chi connectivity index (χ4n) is 1.42. The second-order valence-corrected chi connectivity index (χ2v) is 3.46. The monoisotopic (exact) mass is 206 g/mol. The number of guanidine groups is 1. The Morgan fingerprint density at radius 2 is 2.40 bits per heavy atom. The third kappa shape index (κ3) is 2.23. The lowest BCUT2D eigenvalue weighted by Crippen LogP contribution is -2.27. The quantitative estimate of drug-likeness (QED) is 0.723. The lowest BCUT2D eigenvalue weighted by molar-refractivity contribution is 0.319. The molecule has 0 radical (unpaired) electrons. The van der Waals surface area contributed by atoms with Gasteiger partial charge in [0.1, 0.15) is 5.71 Å². The molecule has 0 amide bonds. The Kier molecular flexibility index (Phi) is 2.80. The Morgan fingerprint density at radius 1 is 1.53 bits per heavy atom. The number of dihydropyridines is 1. The average Bonchev–Trinajstić information content (AvgIpc) is 2.29. The third-order valence-corrected chi connectivity index (χ3v) is 2.41. The molecule has 80 valence electrons. The van der Waals surface area contributed by atoms with Crippen LogP contribution in [0, 0.1) is 5.92 Å². The van der Waals surface area contributed by atoms with Crippen LogP contribution in [0.25, 0.3) is 0 Å². The lowest BCUT2D eigenvalue weighted by Gasteiger charge is -2.16. The predicted octanol–water partition coefficient (Wildman–Crippen LogP) is 0.724. The first-order valence-electron chi connectivity index (χ1n) is 5.04. The summed E-state index contributed by atoms with van der Waals surface area (Å²) >= 11 is 0. The summed E-state index contributed by atoms with van der Waals surface area (Å²) in [4.78, 5) is 12.2. The molecule has 0 saturated carbocycles. The van der Waals surface area contributed by atoms with Crippen molar-refractivity contribution in [1.29, 1.82) is 0 Å². The SMILES string of the molecule is CCC1C=CC(C2=NC(N)=NCO2)=NC1. The van der Waals surface area contributed by atoms with Crippen LogP contribution < -0.4 is 5.73 Å². The third-order valence-electron chi connectivity index (χ3n) is 2.41. The molecule has 0 spiro atoms. The summed E-state index contributed by atoms with van der Waals surface area (Å²) in [6, 6.07) is 0. The van der Waals surface area contributed by atoms with Crippen molar-refractivity contribution >= 4 is 17.6 Å². The van der Waals surface area contributed by atoms with Crippen LogP contribution in [0.4, 0.5) is 0 Å². The van der Waals surface area contributed by atoms with Gasteiger partial charge in [-0.15, -0.1) is 0 Å². The minimum absolute atomic E-state index is 0.231. The second kappa shape index (κ2) is 4.25. The Hall–Kier alpha value is -1.65. The van der Waals surface area contributed by atoms with E-state index in [4.69, 9.17) is 10.5 Å². The fraction of sp³-hybridized carbons (Fsp3) is 0.500. The Labute approximate surface area is 88.5 Å². The highest BCUT2D eigenvalue weighted by molar-refractivity contribution is 6.45. The summed E-state index contributed by atoms with van der Waals surface area (Å²) in [6.07, 6.45) is 5.18. The molecule has 1 unspecified atom stereocenters. The number of rotatable bonds is 2. The van der Waals surface area contributed by atoms with Gasteiger partial charge in [-0.25, -0.2) is 4.99 Å². The van der Waals surface area contributed by atoms with E-state index in [0.717, 1.165) is 18.7 Å². The maximum absolute atomic E-state index is 5.49. The molecule has 0 fully saturated rings. The second-order valence-electron chi connectivity index (χ2n) is 3.46. The molecule has 0 aromatic rings. The van der Waals surface area contributed by atoms with E-state index < -0.39 is 0 Å². The van der Waals surface area contributed by atoms with Gasteiger partial charge in [-0.3, -0.25) is 4.99 Å². The highest BCUT2D eigenvalue weighted by atomic mass is 16.5. The number of ether oxygens (including phenoxy) is 1. The van der Waals surface area contributed by atoms with Crippen LogP contribution in [-0.2, 0) is 4.74 Å². The van der Waals surface area contributed by atoms with Gasteiger partial charge in [0.05, 0.1) is 0 Å². The lowest BCUT2D eigenvalue weighted by atomic mass is 10.0. The molecule has 2 heterocycles. The molecule has 5 nitrogen and oxygen atoms in total. The molecule has 2 N–H and O–H groups in total. The summed E-state index contributed by atoms with van der Waals surface area (Å²) in [7, 11) is 0. The molecule has 2 aliphatic rings. The maximum atomic E-state index is 5.49. The first-order valence-corrected chi connectivity index (χ1v) is 5.04. The summed E-state index contributed by atoms with van der Waals surface area (Å²) < 4.78 is 5.26. The van der Waals surface area contributed by atoms with E-state index in [9.17, 15) is 0 Å². The normalized spacial score (nSPS) is 25.1. The summed E-state index contributed by atoms with van der Waals surface area (Å²) in [5.74, 6) is 1.27. The minimum Gasteiger partial charge on any atom is -0.453 e. The van der Waals surface area contributed by atoms with E-state index >= 15 is 0 Å². The number of hydrogen-bond donors (Lipinski definition) is 1. The average molecular weight is 206 g/mol. The van der Waals surface area contributed by atoms with Crippen molar-refractivity contribution in [2.24, 2.45) is 26.6 Å². The summed E-state index contributed by atoms with van der Waals surface area (Å²) in [6.45, 7) is 3.17. The van der Waals surface area contributed by atoms with Crippen molar-refractivity contribution in [3.05, 3.63) is 12.2 Å². The topological polar surface area (TPSA) is 72.3 Å². The molecular weight excluding hydrogens is 192 g/mol. The molecule has 0 bridgehead atoms. The number of nitrogens with two attached hydrogens (primary N) is 1. The van der Waals surface area contributed by atoms with Crippen LogP contribution in [0.1, 0.15) is 13.3 Å².